The van der Waals surface area contributed by atoms with Crippen LogP contribution in [-0.2, 0) is 6.54 Å². The largest absolute Gasteiger partial charge is 0.381 e. The van der Waals surface area contributed by atoms with E-state index in [4.69, 9.17) is 0 Å². The predicted octanol–water partition coefficient (Wildman–Crippen LogP) is 4.25. The highest BCUT2D eigenvalue weighted by Crippen LogP contribution is 2.22. The summed E-state index contributed by atoms with van der Waals surface area (Å²) in [6.45, 7) is 0.211. The number of anilines is 1. The van der Waals surface area contributed by atoms with Crippen LogP contribution in [0, 0.1) is 21.7 Å². The number of hydrogen-bond acceptors (Lipinski definition) is 3. The van der Waals surface area contributed by atoms with Crippen molar-refractivity contribution in [3.05, 3.63) is 68.2 Å². The van der Waals surface area contributed by atoms with E-state index in [9.17, 15) is 18.9 Å². The molecule has 0 fully saturated rings. The van der Waals surface area contributed by atoms with Gasteiger partial charge in [0.2, 0.25) is 0 Å². The number of nitro benzene ring substituents is 1. The molecule has 0 atom stereocenters. The lowest BCUT2D eigenvalue weighted by atomic mass is 10.2. The number of nitro groups is 1. The highest BCUT2D eigenvalue weighted by atomic mass is 79.9. The molecule has 0 spiro atoms. The van der Waals surface area contributed by atoms with Crippen LogP contribution in [0.15, 0.2) is 40.9 Å². The summed E-state index contributed by atoms with van der Waals surface area (Å²) < 4.78 is 26.6. The molecule has 20 heavy (non-hydrogen) atoms. The van der Waals surface area contributed by atoms with Gasteiger partial charge in [0.1, 0.15) is 11.6 Å². The zero-order chi connectivity index (χ0) is 14.7. The van der Waals surface area contributed by atoms with Gasteiger partial charge >= 0.3 is 0 Å². The minimum Gasteiger partial charge on any atom is -0.381 e. The summed E-state index contributed by atoms with van der Waals surface area (Å²) in [6, 6.07) is 7.54. The summed E-state index contributed by atoms with van der Waals surface area (Å²) in [4.78, 5) is 10.2. The van der Waals surface area contributed by atoms with Crippen LogP contribution in [0.2, 0.25) is 0 Å². The summed E-state index contributed by atoms with van der Waals surface area (Å²) >= 11 is 3.18. The van der Waals surface area contributed by atoms with E-state index in [-0.39, 0.29) is 17.9 Å². The van der Waals surface area contributed by atoms with Gasteiger partial charge in [-0.3, -0.25) is 10.1 Å². The van der Waals surface area contributed by atoms with Crippen LogP contribution in [0.1, 0.15) is 5.56 Å². The van der Waals surface area contributed by atoms with Crippen molar-refractivity contribution in [2.45, 2.75) is 6.54 Å². The van der Waals surface area contributed by atoms with Gasteiger partial charge in [-0.15, -0.1) is 0 Å². The molecular formula is C13H9BrF2N2O2. The van der Waals surface area contributed by atoms with Crippen molar-refractivity contribution in [1.29, 1.82) is 0 Å². The minimum atomic E-state index is -0.687. The molecule has 0 heterocycles. The molecule has 0 saturated carbocycles. The molecular weight excluding hydrogens is 334 g/mol. The van der Waals surface area contributed by atoms with Crippen LogP contribution in [-0.4, -0.2) is 4.92 Å². The Morgan fingerprint density at radius 3 is 2.35 bits per heavy atom. The van der Waals surface area contributed by atoms with Crippen LogP contribution < -0.4 is 5.32 Å². The Kier molecular flexibility index (Phi) is 4.29. The fourth-order valence-electron chi connectivity index (χ4n) is 1.70. The highest BCUT2D eigenvalue weighted by molar-refractivity contribution is 9.10. The molecule has 0 aliphatic heterocycles. The smallest absolute Gasteiger partial charge is 0.270 e. The van der Waals surface area contributed by atoms with E-state index < -0.39 is 16.6 Å². The zero-order valence-electron chi connectivity index (χ0n) is 10.1. The van der Waals surface area contributed by atoms with Crippen LogP contribution >= 0.6 is 15.9 Å². The van der Waals surface area contributed by atoms with E-state index >= 15 is 0 Å². The van der Waals surface area contributed by atoms with Crippen LogP contribution in [0.4, 0.5) is 20.2 Å². The third-order valence-corrected chi connectivity index (χ3v) is 2.97. The number of hydrogen-bond donors (Lipinski definition) is 1. The summed E-state index contributed by atoms with van der Waals surface area (Å²) in [7, 11) is 0. The monoisotopic (exact) mass is 342 g/mol. The quantitative estimate of drug-likeness (QED) is 0.667. The molecule has 0 saturated heterocycles. The molecule has 2 rings (SSSR count). The first kappa shape index (κ1) is 14.4. The van der Waals surface area contributed by atoms with Crippen molar-refractivity contribution in [3.8, 4) is 0 Å². The van der Waals surface area contributed by atoms with E-state index in [1.807, 2.05) is 0 Å². The third-order valence-electron chi connectivity index (χ3n) is 2.51. The van der Waals surface area contributed by atoms with Gasteiger partial charge in [-0.05, 0) is 23.8 Å². The summed E-state index contributed by atoms with van der Waals surface area (Å²) in [5.41, 5.74) is 0.836. The second kappa shape index (κ2) is 5.96. The summed E-state index contributed by atoms with van der Waals surface area (Å²) in [6.07, 6.45) is 0. The van der Waals surface area contributed by atoms with Crippen molar-refractivity contribution < 1.29 is 13.7 Å². The highest BCUT2D eigenvalue weighted by Gasteiger charge is 2.09. The molecule has 7 heteroatoms. The van der Waals surface area contributed by atoms with Crippen LogP contribution in [0.25, 0.3) is 0 Å². The molecule has 2 aromatic carbocycles. The van der Waals surface area contributed by atoms with Gasteiger partial charge in [0.05, 0.1) is 4.92 Å². The first-order valence-electron chi connectivity index (χ1n) is 5.58. The molecule has 0 aliphatic rings. The average Bonchev–Trinajstić information content (AvgIpc) is 2.34. The van der Waals surface area contributed by atoms with E-state index in [0.717, 1.165) is 18.2 Å². The SMILES string of the molecule is O=[N+]([O-])c1cc(Br)cc(CNc2cc(F)cc(F)c2)c1. The second-order valence-corrected chi connectivity index (χ2v) is 5.00. The molecule has 2 aromatic rings. The zero-order valence-corrected chi connectivity index (χ0v) is 11.7. The maximum Gasteiger partial charge on any atom is 0.270 e. The van der Waals surface area contributed by atoms with Crippen molar-refractivity contribution in [2.75, 3.05) is 5.32 Å². The Balaban J connectivity index is 2.16. The fraction of sp³-hybridized carbons (Fsp3) is 0.0769. The molecule has 0 aromatic heterocycles. The van der Waals surface area contributed by atoms with Crippen molar-refractivity contribution >= 4 is 27.3 Å². The number of benzene rings is 2. The Labute approximate surface area is 121 Å². The van der Waals surface area contributed by atoms with Gasteiger partial charge in [-0.25, -0.2) is 8.78 Å². The summed E-state index contributed by atoms with van der Waals surface area (Å²) in [5.74, 6) is -1.37. The fourth-order valence-corrected chi connectivity index (χ4v) is 2.23. The Morgan fingerprint density at radius 1 is 1.10 bits per heavy atom. The van der Waals surface area contributed by atoms with E-state index in [0.29, 0.717) is 10.0 Å². The number of rotatable bonds is 4. The van der Waals surface area contributed by atoms with Crippen LogP contribution in [0.5, 0.6) is 0 Å². The normalized spacial score (nSPS) is 10.3. The molecule has 0 unspecified atom stereocenters. The number of non-ortho nitro benzene ring substituents is 1. The van der Waals surface area contributed by atoms with E-state index in [1.54, 1.807) is 6.07 Å². The van der Waals surface area contributed by atoms with Crippen molar-refractivity contribution in [2.24, 2.45) is 0 Å². The maximum absolute atomic E-state index is 13.0. The van der Waals surface area contributed by atoms with Gasteiger partial charge in [0.15, 0.2) is 0 Å². The lowest BCUT2D eigenvalue weighted by Gasteiger charge is -2.07. The van der Waals surface area contributed by atoms with Gasteiger partial charge < -0.3 is 5.32 Å². The summed E-state index contributed by atoms with van der Waals surface area (Å²) in [5, 5.41) is 13.5. The van der Waals surface area contributed by atoms with E-state index in [1.165, 1.54) is 12.1 Å². The average molecular weight is 343 g/mol. The number of nitrogens with zero attached hydrogens (tertiary/aromatic N) is 1. The first-order chi connectivity index (χ1) is 9.44. The van der Waals surface area contributed by atoms with Gasteiger partial charge in [0.25, 0.3) is 5.69 Å². The number of nitrogens with one attached hydrogen (secondary N) is 1. The van der Waals surface area contributed by atoms with Gasteiger partial charge in [0, 0.05) is 34.9 Å². The van der Waals surface area contributed by atoms with Gasteiger partial charge in [-0.1, -0.05) is 15.9 Å². The molecule has 0 amide bonds. The maximum atomic E-state index is 13.0. The molecule has 0 aliphatic carbocycles. The second-order valence-electron chi connectivity index (χ2n) is 4.09. The lowest BCUT2D eigenvalue weighted by molar-refractivity contribution is -0.385. The Morgan fingerprint density at radius 2 is 1.75 bits per heavy atom. The molecule has 4 nitrogen and oxygen atoms in total. The number of halogens is 3. The topological polar surface area (TPSA) is 55.2 Å². The van der Waals surface area contributed by atoms with Gasteiger partial charge in [-0.2, -0.15) is 0 Å². The Hall–Kier alpha value is -2.02. The van der Waals surface area contributed by atoms with Crippen molar-refractivity contribution in [3.63, 3.8) is 0 Å². The molecule has 0 bridgehead atoms. The first-order valence-corrected chi connectivity index (χ1v) is 6.37. The third kappa shape index (κ3) is 3.74. The van der Waals surface area contributed by atoms with E-state index in [2.05, 4.69) is 21.2 Å². The standard InChI is InChI=1S/C13H9BrF2N2O2/c14-9-1-8(2-13(3-9)18(19)20)7-17-12-5-10(15)4-11(16)6-12/h1-6,17H,7H2. The van der Waals surface area contributed by atoms with Crippen molar-refractivity contribution in [1.82, 2.24) is 0 Å². The molecule has 1 N–H and O–H groups in total. The lowest BCUT2D eigenvalue weighted by Crippen LogP contribution is -2.01. The predicted molar refractivity (Wildman–Crippen MR) is 74.5 cm³/mol. The molecule has 0 radical (unpaired) electrons. The van der Waals surface area contributed by atoms with Crippen LogP contribution in [0.3, 0.4) is 0 Å². The Bertz CT molecular complexity index is 645. The molecule has 104 valence electrons. The minimum absolute atomic E-state index is 0.0541.